The van der Waals surface area contributed by atoms with Gasteiger partial charge in [0.2, 0.25) is 0 Å². The number of rotatable bonds is 3. The van der Waals surface area contributed by atoms with E-state index >= 15 is 0 Å². The third-order valence-electron chi connectivity index (χ3n) is 4.10. The number of hydrogen-bond acceptors (Lipinski definition) is 3. The molecular formula is C16H17N3S. The van der Waals surface area contributed by atoms with Crippen LogP contribution in [-0.2, 0) is 0 Å². The van der Waals surface area contributed by atoms with Gasteiger partial charge in [-0.2, -0.15) is 11.3 Å². The molecule has 2 N–H and O–H groups in total. The summed E-state index contributed by atoms with van der Waals surface area (Å²) in [5.74, 6) is 1.86. The second kappa shape index (κ2) is 4.35. The van der Waals surface area contributed by atoms with Crippen molar-refractivity contribution in [1.29, 1.82) is 0 Å². The first kappa shape index (κ1) is 12.0. The highest BCUT2D eigenvalue weighted by molar-refractivity contribution is 7.07. The number of benzene rings is 1. The molecule has 0 bridgehead atoms. The summed E-state index contributed by atoms with van der Waals surface area (Å²) in [6.45, 7) is 2.26. The lowest BCUT2D eigenvalue weighted by Gasteiger charge is -2.16. The zero-order valence-electron chi connectivity index (χ0n) is 11.4. The SMILES string of the molecule is CC(c1ccsc1)n1c(C2CC2)nc2cc(N)ccc21. The van der Waals surface area contributed by atoms with E-state index in [2.05, 4.69) is 34.4 Å². The van der Waals surface area contributed by atoms with Crippen molar-refractivity contribution in [3.8, 4) is 0 Å². The lowest BCUT2D eigenvalue weighted by Crippen LogP contribution is -2.09. The van der Waals surface area contributed by atoms with Gasteiger partial charge in [0.1, 0.15) is 5.82 Å². The van der Waals surface area contributed by atoms with E-state index in [1.54, 1.807) is 11.3 Å². The predicted octanol–water partition coefficient (Wildman–Crippen LogP) is 4.17. The summed E-state index contributed by atoms with van der Waals surface area (Å²) in [5.41, 5.74) is 10.3. The second-order valence-electron chi connectivity index (χ2n) is 5.60. The zero-order chi connectivity index (χ0) is 13.7. The van der Waals surface area contributed by atoms with Crippen molar-refractivity contribution < 1.29 is 0 Å². The van der Waals surface area contributed by atoms with Gasteiger partial charge in [0, 0.05) is 11.6 Å². The molecular weight excluding hydrogens is 266 g/mol. The van der Waals surface area contributed by atoms with E-state index in [1.807, 2.05) is 12.1 Å². The minimum absolute atomic E-state index is 0.325. The topological polar surface area (TPSA) is 43.8 Å². The Balaban J connectivity index is 1.93. The molecule has 1 saturated carbocycles. The Morgan fingerprint density at radius 2 is 2.20 bits per heavy atom. The first-order valence-corrected chi connectivity index (χ1v) is 7.98. The lowest BCUT2D eigenvalue weighted by molar-refractivity contribution is 0.622. The molecule has 1 unspecified atom stereocenters. The number of thiophene rings is 1. The van der Waals surface area contributed by atoms with Crippen LogP contribution in [0.4, 0.5) is 5.69 Å². The molecule has 1 aliphatic rings. The standard InChI is InChI=1S/C16H17N3S/c1-10(12-6-7-20-9-12)19-15-5-4-13(17)8-14(15)18-16(19)11-2-3-11/h4-11H,2-3,17H2,1H3. The Labute approximate surface area is 122 Å². The predicted molar refractivity (Wildman–Crippen MR) is 84.3 cm³/mol. The number of nitrogens with zero attached hydrogens (tertiary/aromatic N) is 2. The highest BCUT2D eigenvalue weighted by Crippen LogP contribution is 2.42. The van der Waals surface area contributed by atoms with Gasteiger partial charge in [-0.05, 0) is 60.4 Å². The molecule has 3 aromatic rings. The van der Waals surface area contributed by atoms with Gasteiger partial charge in [-0.15, -0.1) is 0 Å². The highest BCUT2D eigenvalue weighted by atomic mass is 32.1. The molecule has 0 radical (unpaired) electrons. The number of aromatic nitrogens is 2. The number of imidazole rings is 1. The number of hydrogen-bond donors (Lipinski definition) is 1. The Morgan fingerprint density at radius 3 is 2.90 bits per heavy atom. The van der Waals surface area contributed by atoms with Crippen LogP contribution in [0.2, 0.25) is 0 Å². The Kier molecular flexibility index (Phi) is 2.60. The largest absolute Gasteiger partial charge is 0.399 e. The van der Waals surface area contributed by atoms with E-state index in [4.69, 9.17) is 10.7 Å². The number of nitrogens with two attached hydrogens (primary N) is 1. The third kappa shape index (κ3) is 1.83. The molecule has 3 nitrogen and oxygen atoms in total. The molecule has 0 saturated heterocycles. The highest BCUT2D eigenvalue weighted by Gasteiger charge is 2.31. The van der Waals surface area contributed by atoms with Crippen LogP contribution in [0.5, 0.6) is 0 Å². The third-order valence-corrected chi connectivity index (χ3v) is 4.80. The molecule has 20 heavy (non-hydrogen) atoms. The average molecular weight is 283 g/mol. The van der Waals surface area contributed by atoms with E-state index in [0.717, 1.165) is 11.2 Å². The first-order chi connectivity index (χ1) is 9.74. The van der Waals surface area contributed by atoms with Gasteiger partial charge in [-0.25, -0.2) is 4.98 Å². The molecule has 0 amide bonds. The molecule has 0 aliphatic heterocycles. The van der Waals surface area contributed by atoms with Crippen molar-refractivity contribution in [3.63, 3.8) is 0 Å². The van der Waals surface area contributed by atoms with Crippen LogP contribution in [0.25, 0.3) is 11.0 Å². The van der Waals surface area contributed by atoms with E-state index in [1.165, 1.54) is 29.7 Å². The average Bonchev–Trinajstić information content (AvgIpc) is 3.01. The molecule has 2 heterocycles. The van der Waals surface area contributed by atoms with Crippen LogP contribution in [0.15, 0.2) is 35.0 Å². The van der Waals surface area contributed by atoms with Gasteiger partial charge in [-0.1, -0.05) is 0 Å². The summed E-state index contributed by atoms with van der Waals surface area (Å²) in [4.78, 5) is 4.85. The zero-order valence-corrected chi connectivity index (χ0v) is 12.2. The second-order valence-corrected chi connectivity index (χ2v) is 6.38. The maximum absolute atomic E-state index is 5.90. The smallest absolute Gasteiger partial charge is 0.113 e. The minimum atomic E-state index is 0.325. The fraction of sp³-hybridized carbons (Fsp3) is 0.312. The lowest BCUT2D eigenvalue weighted by atomic mass is 10.1. The van der Waals surface area contributed by atoms with Crippen molar-refractivity contribution in [1.82, 2.24) is 9.55 Å². The Morgan fingerprint density at radius 1 is 1.35 bits per heavy atom. The molecule has 1 fully saturated rings. The van der Waals surface area contributed by atoms with E-state index in [-0.39, 0.29) is 0 Å². The minimum Gasteiger partial charge on any atom is -0.399 e. The van der Waals surface area contributed by atoms with Crippen molar-refractivity contribution in [2.24, 2.45) is 0 Å². The molecule has 4 heteroatoms. The number of anilines is 1. The summed E-state index contributed by atoms with van der Waals surface area (Å²) >= 11 is 1.75. The molecule has 0 spiro atoms. The monoisotopic (exact) mass is 283 g/mol. The van der Waals surface area contributed by atoms with Gasteiger partial charge >= 0.3 is 0 Å². The van der Waals surface area contributed by atoms with Crippen molar-refractivity contribution in [2.75, 3.05) is 5.73 Å². The van der Waals surface area contributed by atoms with Crippen LogP contribution >= 0.6 is 11.3 Å². The summed E-state index contributed by atoms with van der Waals surface area (Å²) in [7, 11) is 0. The van der Waals surface area contributed by atoms with Crippen molar-refractivity contribution >= 4 is 28.1 Å². The van der Waals surface area contributed by atoms with Crippen molar-refractivity contribution in [2.45, 2.75) is 31.7 Å². The normalized spacial score (nSPS) is 16.6. The van der Waals surface area contributed by atoms with Gasteiger partial charge in [0.15, 0.2) is 0 Å². The van der Waals surface area contributed by atoms with Crippen molar-refractivity contribution in [3.05, 3.63) is 46.4 Å². The summed E-state index contributed by atoms with van der Waals surface area (Å²) in [6, 6.07) is 8.59. The van der Waals surface area contributed by atoms with E-state index < -0.39 is 0 Å². The van der Waals surface area contributed by atoms with Crippen LogP contribution < -0.4 is 5.73 Å². The maximum atomic E-state index is 5.90. The first-order valence-electron chi connectivity index (χ1n) is 7.03. The van der Waals surface area contributed by atoms with E-state index in [0.29, 0.717) is 12.0 Å². The number of nitrogen functional groups attached to an aromatic ring is 1. The van der Waals surface area contributed by atoms with Crippen LogP contribution in [-0.4, -0.2) is 9.55 Å². The molecule has 4 rings (SSSR count). The Bertz CT molecular complexity index is 753. The van der Waals surface area contributed by atoms with Gasteiger partial charge in [0.25, 0.3) is 0 Å². The molecule has 1 aromatic carbocycles. The fourth-order valence-electron chi connectivity index (χ4n) is 2.83. The maximum Gasteiger partial charge on any atom is 0.113 e. The van der Waals surface area contributed by atoms with Gasteiger partial charge < -0.3 is 10.3 Å². The van der Waals surface area contributed by atoms with Gasteiger partial charge in [0.05, 0.1) is 17.1 Å². The summed E-state index contributed by atoms with van der Waals surface area (Å²) in [6.07, 6.45) is 2.52. The van der Waals surface area contributed by atoms with Crippen LogP contribution in [0.3, 0.4) is 0 Å². The van der Waals surface area contributed by atoms with Gasteiger partial charge in [-0.3, -0.25) is 0 Å². The molecule has 2 aromatic heterocycles. The Hall–Kier alpha value is -1.81. The van der Waals surface area contributed by atoms with E-state index in [9.17, 15) is 0 Å². The number of fused-ring (bicyclic) bond motifs is 1. The van der Waals surface area contributed by atoms with Crippen LogP contribution in [0.1, 0.15) is 43.1 Å². The van der Waals surface area contributed by atoms with Crippen LogP contribution in [0, 0.1) is 0 Å². The molecule has 1 atom stereocenters. The quantitative estimate of drug-likeness (QED) is 0.733. The molecule has 1 aliphatic carbocycles. The molecule has 102 valence electrons. The summed E-state index contributed by atoms with van der Waals surface area (Å²) < 4.78 is 2.40. The summed E-state index contributed by atoms with van der Waals surface area (Å²) in [5, 5.41) is 4.37. The fourth-order valence-corrected chi connectivity index (χ4v) is 3.58.